The molecule has 2 aromatic carbocycles. The zero-order valence-corrected chi connectivity index (χ0v) is 15.3. The first-order valence-corrected chi connectivity index (χ1v) is 9.63. The fourth-order valence-corrected chi connectivity index (χ4v) is 4.36. The molecule has 1 fully saturated rings. The van der Waals surface area contributed by atoms with E-state index in [1.165, 1.54) is 16.7 Å². The fourth-order valence-electron chi connectivity index (χ4n) is 3.36. The molecule has 3 aromatic rings. The van der Waals surface area contributed by atoms with Crippen LogP contribution in [-0.2, 0) is 0 Å². The number of para-hydroxylation sites is 1. The lowest BCUT2D eigenvalue weighted by molar-refractivity contribution is 0.371. The van der Waals surface area contributed by atoms with Crippen LogP contribution in [0.4, 0.5) is 5.13 Å². The van der Waals surface area contributed by atoms with Gasteiger partial charge in [0.05, 0.1) is 10.2 Å². The van der Waals surface area contributed by atoms with Crippen molar-refractivity contribution in [3.63, 3.8) is 0 Å². The lowest BCUT2D eigenvalue weighted by Gasteiger charge is -2.24. The van der Waals surface area contributed by atoms with Crippen molar-refractivity contribution in [3.05, 3.63) is 66.2 Å². The molecule has 4 heteroatoms. The van der Waals surface area contributed by atoms with E-state index >= 15 is 0 Å². The van der Waals surface area contributed by atoms with Gasteiger partial charge in [-0.2, -0.15) is 0 Å². The Morgan fingerprint density at radius 2 is 1.96 bits per heavy atom. The van der Waals surface area contributed by atoms with Crippen LogP contribution in [0.5, 0.6) is 0 Å². The molecule has 0 amide bonds. The number of likely N-dealkylation sites (N-methyl/N-ethyl adjacent to an activating group) is 1. The zero-order chi connectivity index (χ0) is 17.1. The Morgan fingerprint density at radius 3 is 2.80 bits per heavy atom. The molecule has 1 saturated heterocycles. The molecule has 0 radical (unpaired) electrons. The zero-order valence-electron chi connectivity index (χ0n) is 14.5. The van der Waals surface area contributed by atoms with Gasteiger partial charge in [0.2, 0.25) is 0 Å². The van der Waals surface area contributed by atoms with Gasteiger partial charge in [0.25, 0.3) is 0 Å². The maximum Gasteiger partial charge on any atom is 0.186 e. The standard InChI is InChI=1S/C21H23N3S/c1-23(21-22-19-11-5-6-12-20(19)25-21)18-13-15-24(16-18)14-7-10-17-8-3-2-4-9-17/h2-12,18H,13-16H2,1H3. The lowest BCUT2D eigenvalue weighted by Crippen LogP contribution is -2.34. The summed E-state index contributed by atoms with van der Waals surface area (Å²) in [6.45, 7) is 3.27. The van der Waals surface area contributed by atoms with Gasteiger partial charge in [0, 0.05) is 32.7 Å². The van der Waals surface area contributed by atoms with Crippen LogP contribution in [-0.4, -0.2) is 42.6 Å². The molecule has 4 rings (SSSR count). The number of aromatic nitrogens is 1. The second-order valence-corrected chi connectivity index (χ2v) is 7.60. The van der Waals surface area contributed by atoms with Crippen LogP contribution >= 0.6 is 11.3 Å². The number of hydrogen-bond donors (Lipinski definition) is 0. The summed E-state index contributed by atoms with van der Waals surface area (Å²) in [4.78, 5) is 9.68. The normalized spacial score (nSPS) is 18.4. The highest BCUT2D eigenvalue weighted by Gasteiger charge is 2.26. The smallest absolute Gasteiger partial charge is 0.186 e. The summed E-state index contributed by atoms with van der Waals surface area (Å²) in [5.41, 5.74) is 2.37. The molecule has 128 valence electrons. The number of hydrogen-bond acceptors (Lipinski definition) is 4. The fraction of sp³-hybridized carbons (Fsp3) is 0.286. The number of benzene rings is 2. The third-order valence-corrected chi connectivity index (χ3v) is 5.98. The van der Waals surface area contributed by atoms with E-state index in [2.05, 4.69) is 83.6 Å². The monoisotopic (exact) mass is 349 g/mol. The van der Waals surface area contributed by atoms with E-state index in [1.807, 2.05) is 0 Å². The highest BCUT2D eigenvalue weighted by Crippen LogP contribution is 2.30. The van der Waals surface area contributed by atoms with Gasteiger partial charge in [-0.25, -0.2) is 4.98 Å². The summed E-state index contributed by atoms with van der Waals surface area (Å²) in [6, 6.07) is 19.4. The van der Waals surface area contributed by atoms with Gasteiger partial charge in [-0.15, -0.1) is 0 Å². The van der Waals surface area contributed by atoms with Gasteiger partial charge in [0.15, 0.2) is 5.13 Å². The van der Waals surface area contributed by atoms with Crippen LogP contribution in [0.3, 0.4) is 0 Å². The molecule has 0 saturated carbocycles. The highest BCUT2D eigenvalue weighted by atomic mass is 32.1. The maximum atomic E-state index is 4.80. The number of anilines is 1. The minimum atomic E-state index is 0.547. The molecule has 0 N–H and O–H groups in total. The largest absolute Gasteiger partial charge is 0.347 e. The third-order valence-electron chi connectivity index (χ3n) is 4.85. The summed E-state index contributed by atoms with van der Waals surface area (Å²) in [5, 5.41) is 1.13. The first-order chi connectivity index (χ1) is 12.3. The first kappa shape index (κ1) is 16.3. The molecule has 25 heavy (non-hydrogen) atoms. The van der Waals surface area contributed by atoms with Crippen LogP contribution in [0.15, 0.2) is 60.7 Å². The van der Waals surface area contributed by atoms with Crippen LogP contribution in [0, 0.1) is 0 Å². The van der Waals surface area contributed by atoms with Crippen molar-refractivity contribution in [3.8, 4) is 0 Å². The van der Waals surface area contributed by atoms with Crippen LogP contribution in [0.1, 0.15) is 12.0 Å². The minimum absolute atomic E-state index is 0.547. The first-order valence-electron chi connectivity index (χ1n) is 8.82. The Hall–Kier alpha value is -2.17. The summed E-state index contributed by atoms with van der Waals surface area (Å²) >= 11 is 1.79. The van der Waals surface area contributed by atoms with E-state index in [9.17, 15) is 0 Å². The topological polar surface area (TPSA) is 19.4 Å². The van der Waals surface area contributed by atoms with E-state index in [0.717, 1.165) is 30.3 Å². The van der Waals surface area contributed by atoms with Crippen molar-refractivity contribution in [2.24, 2.45) is 0 Å². The van der Waals surface area contributed by atoms with Gasteiger partial charge in [-0.05, 0) is 24.1 Å². The molecule has 2 heterocycles. The van der Waals surface area contributed by atoms with Crippen LogP contribution in [0.2, 0.25) is 0 Å². The van der Waals surface area contributed by atoms with E-state index in [0.29, 0.717) is 6.04 Å². The molecule has 1 unspecified atom stereocenters. The Balaban J connectivity index is 1.36. The van der Waals surface area contributed by atoms with Gasteiger partial charge < -0.3 is 4.90 Å². The molecule has 1 atom stereocenters. The molecular weight excluding hydrogens is 326 g/mol. The summed E-state index contributed by atoms with van der Waals surface area (Å²) in [5.74, 6) is 0. The van der Waals surface area contributed by atoms with Crippen molar-refractivity contribution >= 4 is 32.8 Å². The van der Waals surface area contributed by atoms with Gasteiger partial charge >= 0.3 is 0 Å². The van der Waals surface area contributed by atoms with Crippen LogP contribution in [0.25, 0.3) is 16.3 Å². The number of thiazole rings is 1. The molecule has 3 nitrogen and oxygen atoms in total. The molecule has 0 spiro atoms. The third kappa shape index (κ3) is 3.75. The maximum absolute atomic E-state index is 4.80. The molecule has 0 bridgehead atoms. The van der Waals surface area contributed by atoms with E-state index < -0.39 is 0 Å². The number of fused-ring (bicyclic) bond motifs is 1. The second-order valence-electron chi connectivity index (χ2n) is 6.59. The van der Waals surface area contributed by atoms with Crippen molar-refractivity contribution in [2.75, 3.05) is 31.6 Å². The van der Waals surface area contributed by atoms with Gasteiger partial charge in [-0.3, -0.25) is 4.90 Å². The predicted molar refractivity (Wildman–Crippen MR) is 108 cm³/mol. The number of nitrogens with zero attached hydrogens (tertiary/aromatic N) is 3. The quantitative estimate of drug-likeness (QED) is 0.675. The lowest BCUT2D eigenvalue weighted by atomic mass is 10.2. The van der Waals surface area contributed by atoms with E-state index in [1.54, 1.807) is 11.3 Å². The molecular formula is C21H23N3S. The molecule has 1 aliphatic rings. The van der Waals surface area contributed by atoms with Crippen molar-refractivity contribution in [1.82, 2.24) is 9.88 Å². The SMILES string of the molecule is CN(c1nc2ccccc2s1)C1CCN(CC=Cc2ccccc2)C1. The number of rotatable bonds is 5. The molecule has 0 aliphatic carbocycles. The van der Waals surface area contributed by atoms with E-state index in [4.69, 9.17) is 4.98 Å². The number of likely N-dealkylation sites (tertiary alicyclic amines) is 1. The second kappa shape index (κ2) is 7.38. The average Bonchev–Trinajstić information content (AvgIpc) is 3.29. The predicted octanol–water partition coefficient (Wildman–Crippen LogP) is 4.52. The Kier molecular flexibility index (Phi) is 4.81. The van der Waals surface area contributed by atoms with Crippen molar-refractivity contribution in [2.45, 2.75) is 12.5 Å². The van der Waals surface area contributed by atoms with Crippen LogP contribution < -0.4 is 4.90 Å². The average molecular weight is 350 g/mol. The summed E-state index contributed by atoms with van der Waals surface area (Å²) in [7, 11) is 2.19. The Morgan fingerprint density at radius 1 is 1.16 bits per heavy atom. The molecule has 1 aliphatic heterocycles. The van der Waals surface area contributed by atoms with Gasteiger partial charge in [-0.1, -0.05) is 66.0 Å². The molecule has 1 aromatic heterocycles. The Labute approximate surface area is 153 Å². The van der Waals surface area contributed by atoms with E-state index in [-0.39, 0.29) is 0 Å². The highest BCUT2D eigenvalue weighted by molar-refractivity contribution is 7.22. The summed E-state index contributed by atoms with van der Waals surface area (Å²) < 4.78 is 1.27. The summed E-state index contributed by atoms with van der Waals surface area (Å²) in [6.07, 6.45) is 5.69. The van der Waals surface area contributed by atoms with Gasteiger partial charge in [0.1, 0.15) is 0 Å². The minimum Gasteiger partial charge on any atom is -0.347 e. The van der Waals surface area contributed by atoms with Crippen molar-refractivity contribution < 1.29 is 0 Å². The van der Waals surface area contributed by atoms with Crippen molar-refractivity contribution in [1.29, 1.82) is 0 Å². The Bertz CT molecular complexity index is 823.